The molecule has 0 aromatic carbocycles. The quantitative estimate of drug-likeness (QED) is 0.356. The van der Waals surface area contributed by atoms with Crippen molar-refractivity contribution in [2.45, 2.75) is 0 Å². The Morgan fingerprint density at radius 1 is 1.78 bits per heavy atom. The Morgan fingerprint density at radius 3 is 2.33 bits per heavy atom. The molecule has 0 atom stereocenters. The van der Waals surface area contributed by atoms with Gasteiger partial charge in [0.25, 0.3) is 10.0 Å². The largest absolute Gasteiger partial charge is 0.272 e. The molecule has 0 fully saturated rings. The van der Waals surface area contributed by atoms with Crippen LogP contribution in [0.1, 0.15) is 0 Å². The second-order valence-corrected chi connectivity index (χ2v) is 3.06. The van der Waals surface area contributed by atoms with Crippen LogP contribution in [0.2, 0.25) is 0 Å². The standard InChI is InChI=1S/C3H6FNO3S/c1-2-3-9(7,8)5(4)6/h2,6H,1,3H2. The lowest BCUT2D eigenvalue weighted by molar-refractivity contribution is -0.149. The van der Waals surface area contributed by atoms with Crippen molar-refractivity contribution in [3.05, 3.63) is 12.7 Å². The maximum absolute atomic E-state index is 11.4. The number of sulfonamides is 1. The first kappa shape index (κ1) is 8.54. The van der Waals surface area contributed by atoms with Crippen LogP contribution in [0, 0.1) is 0 Å². The van der Waals surface area contributed by atoms with Crippen LogP contribution in [0.3, 0.4) is 0 Å². The summed E-state index contributed by atoms with van der Waals surface area (Å²) in [7, 11) is -4.14. The van der Waals surface area contributed by atoms with Crippen LogP contribution in [0.15, 0.2) is 12.7 Å². The molecule has 0 aliphatic heterocycles. The topological polar surface area (TPSA) is 57.6 Å². The molecule has 6 heteroatoms. The highest BCUT2D eigenvalue weighted by Crippen LogP contribution is 1.96. The van der Waals surface area contributed by atoms with Gasteiger partial charge in [-0.05, 0) is 0 Å². The molecule has 54 valence electrons. The van der Waals surface area contributed by atoms with Crippen molar-refractivity contribution < 1.29 is 18.1 Å². The molecular formula is C3H6FNO3S. The summed E-state index contributed by atoms with van der Waals surface area (Å²) in [5.74, 6) is -0.611. The Labute approximate surface area is 52.1 Å². The van der Waals surface area contributed by atoms with Crippen LogP contribution in [0.4, 0.5) is 4.48 Å². The van der Waals surface area contributed by atoms with Crippen molar-refractivity contribution in [2.24, 2.45) is 0 Å². The van der Waals surface area contributed by atoms with Crippen molar-refractivity contribution >= 4 is 10.0 Å². The SMILES string of the molecule is C=CCS(=O)(=O)N(O)F. The van der Waals surface area contributed by atoms with Gasteiger partial charge in [0.1, 0.15) is 0 Å². The minimum atomic E-state index is -4.14. The van der Waals surface area contributed by atoms with Crippen LogP contribution in [-0.2, 0) is 10.0 Å². The fourth-order valence-corrected chi connectivity index (χ4v) is 0.631. The second kappa shape index (κ2) is 2.90. The number of hydrogen-bond donors (Lipinski definition) is 1. The molecule has 0 saturated heterocycles. The first-order chi connectivity index (χ1) is 4.00. The van der Waals surface area contributed by atoms with E-state index in [9.17, 15) is 12.9 Å². The molecular weight excluding hydrogens is 149 g/mol. The third-order valence-electron chi connectivity index (χ3n) is 0.558. The van der Waals surface area contributed by atoms with E-state index in [0.717, 1.165) is 6.08 Å². The summed E-state index contributed by atoms with van der Waals surface area (Å²) < 4.78 is 30.4. The van der Waals surface area contributed by atoms with Crippen molar-refractivity contribution in [1.82, 2.24) is 4.69 Å². The molecule has 0 aliphatic rings. The van der Waals surface area contributed by atoms with Crippen LogP contribution in [-0.4, -0.2) is 24.1 Å². The van der Waals surface area contributed by atoms with Gasteiger partial charge in [-0.3, -0.25) is 5.21 Å². The maximum Gasteiger partial charge on any atom is 0.267 e. The molecule has 0 bridgehead atoms. The zero-order valence-electron chi connectivity index (χ0n) is 4.49. The first-order valence-corrected chi connectivity index (χ1v) is 3.60. The summed E-state index contributed by atoms with van der Waals surface area (Å²) in [6, 6.07) is 0. The average molecular weight is 155 g/mol. The predicted octanol–water partition coefficient (Wildman–Crippen LogP) is 0.0779. The number of nitrogens with zero attached hydrogens (tertiary/aromatic N) is 1. The summed E-state index contributed by atoms with van der Waals surface area (Å²) in [6.07, 6.45) is 0.970. The molecule has 0 heterocycles. The van der Waals surface area contributed by atoms with E-state index in [-0.39, 0.29) is 0 Å². The van der Waals surface area contributed by atoms with Gasteiger partial charge in [0, 0.05) is 0 Å². The minimum absolute atomic E-state index is 0.611. The third-order valence-corrected chi connectivity index (χ3v) is 1.67. The number of rotatable bonds is 3. The Hall–Kier alpha value is -0.460. The lowest BCUT2D eigenvalue weighted by Crippen LogP contribution is -2.20. The highest BCUT2D eigenvalue weighted by atomic mass is 32.2. The minimum Gasteiger partial charge on any atom is -0.272 e. The Balaban J connectivity index is 4.22. The van der Waals surface area contributed by atoms with Gasteiger partial charge < -0.3 is 0 Å². The zero-order chi connectivity index (χ0) is 7.49. The Morgan fingerprint density at radius 2 is 2.22 bits per heavy atom. The molecule has 0 rings (SSSR count). The summed E-state index contributed by atoms with van der Waals surface area (Å²) >= 11 is 0. The number of hydrogen-bond acceptors (Lipinski definition) is 3. The van der Waals surface area contributed by atoms with Crippen LogP contribution in [0.25, 0.3) is 0 Å². The van der Waals surface area contributed by atoms with E-state index in [0.29, 0.717) is 0 Å². The fraction of sp³-hybridized carbons (Fsp3) is 0.333. The molecule has 0 aromatic heterocycles. The van der Waals surface area contributed by atoms with Gasteiger partial charge in [-0.1, -0.05) is 10.6 Å². The predicted molar refractivity (Wildman–Crippen MR) is 28.7 cm³/mol. The van der Waals surface area contributed by atoms with E-state index in [1.165, 1.54) is 0 Å². The average Bonchev–Trinajstić information content (AvgIpc) is 1.65. The maximum atomic E-state index is 11.4. The molecule has 0 amide bonds. The summed E-state index contributed by atoms with van der Waals surface area (Å²) in [5, 5.41) is 7.74. The van der Waals surface area contributed by atoms with Gasteiger partial charge in [0.05, 0.1) is 10.4 Å². The third kappa shape index (κ3) is 2.54. The van der Waals surface area contributed by atoms with Gasteiger partial charge in [-0.2, -0.15) is 0 Å². The zero-order valence-corrected chi connectivity index (χ0v) is 5.31. The molecule has 0 radical (unpaired) electrons. The highest BCUT2D eigenvalue weighted by Gasteiger charge is 2.16. The highest BCUT2D eigenvalue weighted by molar-refractivity contribution is 7.88. The van der Waals surface area contributed by atoms with Crippen LogP contribution >= 0.6 is 0 Å². The van der Waals surface area contributed by atoms with Crippen molar-refractivity contribution in [3.8, 4) is 0 Å². The Bertz CT molecular complexity index is 185. The van der Waals surface area contributed by atoms with E-state index >= 15 is 0 Å². The van der Waals surface area contributed by atoms with Gasteiger partial charge >= 0.3 is 0 Å². The van der Waals surface area contributed by atoms with Crippen molar-refractivity contribution in [2.75, 3.05) is 5.75 Å². The first-order valence-electron chi connectivity index (χ1n) is 1.99. The van der Waals surface area contributed by atoms with Crippen molar-refractivity contribution in [1.29, 1.82) is 0 Å². The van der Waals surface area contributed by atoms with E-state index in [1.54, 1.807) is 0 Å². The lowest BCUT2D eigenvalue weighted by atomic mass is 10.8. The van der Waals surface area contributed by atoms with E-state index in [1.807, 2.05) is 0 Å². The fourth-order valence-electron chi connectivity index (χ4n) is 0.210. The summed E-state index contributed by atoms with van der Waals surface area (Å²) in [5.41, 5.74) is 0. The van der Waals surface area contributed by atoms with Crippen LogP contribution in [0.5, 0.6) is 0 Å². The molecule has 0 aromatic rings. The molecule has 0 saturated carbocycles. The summed E-state index contributed by atoms with van der Waals surface area (Å²) in [6.45, 7) is 3.04. The van der Waals surface area contributed by atoms with Gasteiger partial charge in [0.2, 0.25) is 0 Å². The molecule has 9 heavy (non-hydrogen) atoms. The van der Waals surface area contributed by atoms with Gasteiger partial charge in [0.15, 0.2) is 0 Å². The van der Waals surface area contributed by atoms with Gasteiger partial charge in [-0.25, -0.2) is 8.42 Å². The normalized spacial score (nSPS) is 11.9. The monoisotopic (exact) mass is 155 g/mol. The molecule has 0 unspecified atom stereocenters. The lowest BCUT2D eigenvalue weighted by Gasteiger charge is -1.99. The molecule has 0 spiro atoms. The molecule has 0 aliphatic carbocycles. The van der Waals surface area contributed by atoms with Crippen LogP contribution < -0.4 is 0 Å². The van der Waals surface area contributed by atoms with E-state index < -0.39 is 20.5 Å². The van der Waals surface area contributed by atoms with E-state index in [4.69, 9.17) is 5.21 Å². The molecule has 1 N–H and O–H groups in total. The van der Waals surface area contributed by atoms with Crippen molar-refractivity contribution in [3.63, 3.8) is 0 Å². The smallest absolute Gasteiger partial charge is 0.267 e. The summed E-state index contributed by atoms with van der Waals surface area (Å²) in [4.78, 5) is 0. The van der Waals surface area contributed by atoms with Gasteiger partial charge in [-0.15, -0.1) is 6.58 Å². The molecule has 4 nitrogen and oxygen atoms in total. The number of halogens is 1. The Kier molecular flexibility index (Phi) is 2.75. The van der Waals surface area contributed by atoms with E-state index in [2.05, 4.69) is 6.58 Å². The second-order valence-electron chi connectivity index (χ2n) is 1.26.